The summed E-state index contributed by atoms with van der Waals surface area (Å²) in [4.78, 5) is 20.2. The maximum atomic E-state index is 4.84. The molecule has 0 amide bonds. The Kier molecular flexibility index (Phi) is 7.10. The Bertz CT molecular complexity index is 1080. The zero-order valence-electron chi connectivity index (χ0n) is 17.6. The molecule has 3 heterocycles. The molecule has 1 atom stereocenters. The van der Waals surface area contributed by atoms with Crippen LogP contribution in [-0.4, -0.2) is 31.4 Å². The van der Waals surface area contributed by atoms with Gasteiger partial charge in [0.15, 0.2) is 0 Å². The van der Waals surface area contributed by atoms with Crippen LogP contribution < -0.4 is 0 Å². The van der Waals surface area contributed by atoms with Crippen molar-refractivity contribution in [1.82, 2.24) is 24.8 Å². The number of aryl methyl sites for hydroxylation is 2. The fraction of sp³-hybridized carbons (Fsp3) is 0.320. The summed E-state index contributed by atoms with van der Waals surface area (Å²) in [6.45, 7) is 1.80. The Morgan fingerprint density at radius 2 is 1.84 bits per heavy atom. The Morgan fingerprint density at radius 1 is 0.968 bits per heavy atom. The number of nitrogens with zero attached hydrogens (tertiary/aromatic N) is 4. The molecule has 1 aliphatic carbocycles. The van der Waals surface area contributed by atoms with Gasteiger partial charge in [-0.2, -0.15) is 0 Å². The predicted octanol–water partition coefficient (Wildman–Crippen LogP) is 5.44. The van der Waals surface area contributed by atoms with Crippen LogP contribution in [0.1, 0.15) is 48.1 Å². The van der Waals surface area contributed by atoms with Crippen molar-refractivity contribution in [3.8, 4) is 0 Å². The third-order valence-electron chi connectivity index (χ3n) is 6.00. The number of imidazole rings is 1. The van der Waals surface area contributed by atoms with Crippen LogP contribution in [0.15, 0.2) is 67.0 Å². The van der Waals surface area contributed by atoms with Crippen molar-refractivity contribution in [1.29, 1.82) is 0 Å². The molecule has 0 radical (unpaired) electrons. The average Bonchev–Trinajstić information content (AvgIpc) is 3.21. The molecule has 160 valence electrons. The van der Waals surface area contributed by atoms with Crippen molar-refractivity contribution >= 4 is 28.0 Å². The molecule has 1 aromatic carbocycles. The number of hydrogen-bond donors (Lipinski definition) is 1. The van der Waals surface area contributed by atoms with Crippen LogP contribution in [0, 0.1) is 0 Å². The maximum absolute atomic E-state index is 4.84. The molecule has 5 nitrogen and oxygen atoms in total. The lowest BCUT2D eigenvalue weighted by molar-refractivity contribution is 0.160. The van der Waals surface area contributed by atoms with E-state index in [2.05, 4.69) is 57.3 Å². The van der Waals surface area contributed by atoms with Crippen molar-refractivity contribution in [3.05, 3.63) is 89.8 Å². The van der Waals surface area contributed by atoms with Gasteiger partial charge < -0.3 is 4.98 Å². The molecular weight excluding hydrogens is 450 g/mol. The molecule has 0 saturated carbocycles. The Balaban J connectivity index is 0.00000231. The summed E-state index contributed by atoms with van der Waals surface area (Å²) in [5.41, 5.74) is 5.93. The third kappa shape index (κ3) is 5.02. The highest BCUT2D eigenvalue weighted by Crippen LogP contribution is 2.33. The molecule has 1 N–H and O–H groups in total. The minimum absolute atomic E-state index is 0. The van der Waals surface area contributed by atoms with Gasteiger partial charge in [-0.3, -0.25) is 14.9 Å². The first-order valence-corrected chi connectivity index (χ1v) is 10.9. The molecule has 31 heavy (non-hydrogen) atoms. The number of nitrogens with one attached hydrogen (secondary N) is 1. The van der Waals surface area contributed by atoms with Crippen LogP contribution in [0.3, 0.4) is 0 Å². The first-order chi connectivity index (χ1) is 14.9. The normalized spacial score (nSPS) is 15.6. The molecule has 3 aromatic heterocycles. The van der Waals surface area contributed by atoms with Crippen LogP contribution in [-0.2, 0) is 19.4 Å². The van der Waals surface area contributed by atoms with Crippen LogP contribution in [0.2, 0.25) is 0 Å². The number of aromatic nitrogens is 4. The summed E-state index contributed by atoms with van der Waals surface area (Å²) in [5.74, 6) is 1.03. The highest BCUT2D eigenvalue weighted by Gasteiger charge is 2.27. The van der Waals surface area contributed by atoms with Crippen molar-refractivity contribution in [2.24, 2.45) is 0 Å². The van der Waals surface area contributed by atoms with E-state index in [4.69, 9.17) is 9.97 Å². The van der Waals surface area contributed by atoms with Gasteiger partial charge in [-0.05, 0) is 74.5 Å². The summed E-state index contributed by atoms with van der Waals surface area (Å²) in [6, 6.07) is 19.0. The van der Waals surface area contributed by atoms with Gasteiger partial charge in [0.2, 0.25) is 0 Å². The van der Waals surface area contributed by atoms with E-state index in [0.717, 1.165) is 61.3 Å². The first kappa shape index (κ1) is 21.7. The Labute approximate surface area is 193 Å². The summed E-state index contributed by atoms with van der Waals surface area (Å²) >= 11 is 0. The molecular formula is C25H28BrN5. The quantitative estimate of drug-likeness (QED) is 0.384. The number of hydrogen-bond acceptors (Lipinski definition) is 4. The van der Waals surface area contributed by atoms with Crippen molar-refractivity contribution in [2.45, 2.75) is 44.7 Å². The second-order valence-electron chi connectivity index (χ2n) is 8.05. The minimum Gasteiger partial charge on any atom is -0.341 e. The molecule has 4 aromatic rings. The number of H-pyrrole nitrogens is 1. The predicted molar refractivity (Wildman–Crippen MR) is 129 cm³/mol. The van der Waals surface area contributed by atoms with E-state index < -0.39 is 0 Å². The molecule has 1 aliphatic rings. The Hall–Kier alpha value is -2.57. The Morgan fingerprint density at radius 3 is 2.71 bits per heavy atom. The minimum atomic E-state index is 0. The smallest absolute Gasteiger partial charge is 0.121 e. The number of aromatic amines is 1. The van der Waals surface area contributed by atoms with Crippen LogP contribution >= 0.6 is 17.0 Å². The number of para-hydroxylation sites is 2. The van der Waals surface area contributed by atoms with E-state index in [0.29, 0.717) is 6.04 Å². The largest absolute Gasteiger partial charge is 0.341 e. The van der Waals surface area contributed by atoms with E-state index in [1.54, 1.807) is 0 Å². The van der Waals surface area contributed by atoms with E-state index >= 15 is 0 Å². The lowest BCUT2D eigenvalue weighted by Gasteiger charge is -2.34. The number of pyridine rings is 2. The van der Waals surface area contributed by atoms with Gasteiger partial charge >= 0.3 is 0 Å². The maximum Gasteiger partial charge on any atom is 0.121 e. The lowest BCUT2D eigenvalue weighted by atomic mass is 9.90. The number of rotatable bonds is 7. The fourth-order valence-corrected chi connectivity index (χ4v) is 4.57. The van der Waals surface area contributed by atoms with Crippen LogP contribution in [0.5, 0.6) is 0 Å². The zero-order chi connectivity index (χ0) is 20.2. The van der Waals surface area contributed by atoms with Crippen LogP contribution in [0.25, 0.3) is 11.0 Å². The third-order valence-corrected chi connectivity index (χ3v) is 6.00. The number of benzene rings is 1. The molecule has 5 rings (SSSR count). The fourth-order valence-electron chi connectivity index (χ4n) is 4.57. The molecule has 0 bridgehead atoms. The molecule has 6 heteroatoms. The van der Waals surface area contributed by atoms with Crippen molar-refractivity contribution in [2.75, 3.05) is 6.54 Å². The van der Waals surface area contributed by atoms with E-state index in [-0.39, 0.29) is 17.0 Å². The van der Waals surface area contributed by atoms with Gasteiger partial charge in [0.25, 0.3) is 0 Å². The lowest BCUT2D eigenvalue weighted by Crippen LogP contribution is -2.33. The molecule has 0 saturated heterocycles. The molecule has 0 aliphatic heterocycles. The summed E-state index contributed by atoms with van der Waals surface area (Å²) in [6.07, 6.45) is 9.35. The van der Waals surface area contributed by atoms with Gasteiger partial charge in [0.1, 0.15) is 5.82 Å². The topological polar surface area (TPSA) is 57.7 Å². The second kappa shape index (κ2) is 10.2. The van der Waals surface area contributed by atoms with Crippen molar-refractivity contribution < 1.29 is 0 Å². The number of fused-ring (bicyclic) bond motifs is 2. The SMILES string of the molecule is Br.c1ccc(CCCN(Cc2nc3ccccc3[nH]2)C2CCCc3cccnc32)nc1. The molecule has 0 spiro atoms. The first-order valence-electron chi connectivity index (χ1n) is 10.9. The highest BCUT2D eigenvalue weighted by molar-refractivity contribution is 8.93. The monoisotopic (exact) mass is 477 g/mol. The average molecular weight is 478 g/mol. The van der Waals surface area contributed by atoms with Gasteiger partial charge in [-0.1, -0.05) is 24.3 Å². The number of halogens is 1. The molecule has 0 fully saturated rings. The van der Waals surface area contributed by atoms with E-state index in [1.807, 2.05) is 24.5 Å². The summed E-state index contributed by atoms with van der Waals surface area (Å²) in [7, 11) is 0. The second-order valence-corrected chi connectivity index (χ2v) is 8.05. The standard InChI is InChI=1S/C25H27N5.BrH/c1-2-13-22-21(12-1)28-24(29-22)18-30(17-7-11-20-10-3-4-15-26-20)23-14-5-8-19-9-6-16-27-25(19)23;/h1-4,6,9-10,12-13,15-16,23H,5,7-8,11,14,17-18H2,(H,28,29);1H. The van der Waals surface area contributed by atoms with Gasteiger partial charge in [0.05, 0.1) is 29.3 Å². The van der Waals surface area contributed by atoms with E-state index in [9.17, 15) is 0 Å². The molecule has 1 unspecified atom stereocenters. The van der Waals surface area contributed by atoms with Crippen molar-refractivity contribution in [3.63, 3.8) is 0 Å². The van der Waals surface area contributed by atoms with Gasteiger partial charge in [0, 0.05) is 18.1 Å². The highest BCUT2D eigenvalue weighted by atomic mass is 79.9. The van der Waals surface area contributed by atoms with Gasteiger partial charge in [-0.25, -0.2) is 4.98 Å². The summed E-state index contributed by atoms with van der Waals surface area (Å²) in [5, 5.41) is 0. The summed E-state index contributed by atoms with van der Waals surface area (Å²) < 4.78 is 0. The van der Waals surface area contributed by atoms with Gasteiger partial charge in [-0.15, -0.1) is 17.0 Å². The zero-order valence-corrected chi connectivity index (χ0v) is 19.3. The van der Waals surface area contributed by atoms with E-state index in [1.165, 1.54) is 17.7 Å². The van der Waals surface area contributed by atoms with Crippen LogP contribution in [0.4, 0.5) is 0 Å².